The van der Waals surface area contributed by atoms with Gasteiger partial charge in [0.1, 0.15) is 17.1 Å². The Bertz CT molecular complexity index is 942. The Morgan fingerprint density at radius 2 is 2.12 bits per heavy atom. The molecule has 24 heavy (non-hydrogen) atoms. The second-order valence-electron chi connectivity index (χ2n) is 6.16. The summed E-state index contributed by atoms with van der Waals surface area (Å²) in [5.74, 6) is 1.84. The van der Waals surface area contributed by atoms with E-state index in [-0.39, 0.29) is 5.75 Å². The van der Waals surface area contributed by atoms with Crippen LogP contribution in [0.2, 0.25) is 0 Å². The minimum absolute atomic E-state index is 0.188. The molecule has 1 aliphatic carbocycles. The third-order valence-electron chi connectivity index (χ3n) is 4.43. The smallest absolute Gasteiger partial charge is 0.151 e. The van der Waals surface area contributed by atoms with Crippen molar-refractivity contribution in [3.05, 3.63) is 51.3 Å². The number of phenolic OH excluding ortho intramolecular Hbond substituents is 1. The average Bonchev–Trinajstić information content (AvgIpc) is 2.95. The molecule has 2 aromatic heterocycles. The van der Waals surface area contributed by atoms with E-state index in [1.165, 1.54) is 5.56 Å². The van der Waals surface area contributed by atoms with E-state index in [9.17, 15) is 5.11 Å². The van der Waals surface area contributed by atoms with Crippen LogP contribution in [-0.4, -0.2) is 16.3 Å². The number of aliphatic imine (C=N–C) groups is 1. The highest BCUT2D eigenvalue weighted by Gasteiger charge is 2.22. The summed E-state index contributed by atoms with van der Waals surface area (Å²) < 4.78 is 6.63. The Labute approximate surface area is 148 Å². The van der Waals surface area contributed by atoms with Gasteiger partial charge in [-0.15, -0.1) is 0 Å². The lowest BCUT2D eigenvalue weighted by Gasteiger charge is -2.10. The summed E-state index contributed by atoms with van der Waals surface area (Å²) in [6.07, 6.45) is 7.70. The van der Waals surface area contributed by atoms with Gasteiger partial charge >= 0.3 is 0 Å². The van der Waals surface area contributed by atoms with Crippen LogP contribution in [0.4, 0.5) is 5.82 Å². The fourth-order valence-corrected chi connectivity index (χ4v) is 3.63. The first-order chi connectivity index (χ1) is 11.6. The number of pyridine rings is 1. The van der Waals surface area contributed by atoms with Crippen molar-refractivity contribution in [3.8, 4) is 5.75 Å². The monoisotopic (exact) mass is 384 g/mol. The Balaban J connectivity index is 1.88. The number of halogens is 1. The molecule has 4 rings (SSSR count). The number of benzene rings is 1. The van der Waals surface area contributed by atoms with Gasteiger partial charge in [-0.05, 0) is 59.8 Å². The molecule has 1 aromatic carbocycles. The first kappa shape index (κ1) is 15.4. The number of furan rings is 1. The number of rotatable bonds is 2. The number of aryl methyl sites for hydroxylation is 3. The third kappa shape index (κ3) is 2.63. The van der Waals surface area contributed by atoms with Gasteiger partial charge in [0.25, 0.3) is 0 Å². The summed E-state index contributed by atoms with van der Waals surface area (Å²) in [6.45, 7) is 1.99. The molecule has 4 nitrogen and oxygen atoms in total. The van der Waals surface area contributed by atoms with E-state index in [0.717, 1.165) is 48.0 Å². The van der Waals surface area contributed by atoms with Crippen molar-refractivity contribution in [3.63, 3.8) is 0 Å². The van der Waals surface area contributed by atoms with Gasteiger partial charge in [-0.25, -0.2) is 9.98 Å². The van der Waals surface area contributed by atoms with Gasteiger partial charge in [0.2, 0.25) is 0 Å². The van der Waals surface area contributed by atoms with E-state index in [2.05, 4.69) is 25.9 Å². The van der Waals surface area contributed by atoms with E-state index in [4.69, 9.17) is 4.42 Å². The van der Waals surface area contributed by atoms with E-state index in [0.29, 0.717) is 15.9 Å². The fraction of sp³-hybridized carbons (Fsp3) is 0.263. The summed E-state index contributed by atoms with van der Waals surface area (Å²) in [5.41, 5.74) is 3.78. The highest BCUT2D eigenvalue weighted by molar-refractivity contribution is 9.10. The number of fused-ring (bicyclic) bond motifs is 3. The number of hydrogen-bond acceptors (Lipinski definition) is 4. The van der Waals surface area contributed by atoms with Crippen molar-refractivity contribution in [2.45, 2.75) is 32.6 Å². The number of hydrogen-bond donors (Lipinski definition) is 1. The third-order valence-corrected chi connectivity index (χ3v) is 5.03. The first-order valence-electron chi connectivity index (χ1n) is 8.06. The van der Waals surface area contributed by atoms with Crippen LogP contribution in [0, 0.1) is 6.92 Å². The van der Waals surface area contributed by atoms with E-state index < -0.39 is 0 Å². The van der Waals surface area contributed by atoms with Crippen molar-refractivity contribution in [2.75, 3.05) is 0 Å². The zero-order chi connectivity index (χ0) is 16.7. The lowest BCUT2D eigenvalue weighted by molar-refractivity contribution is 0.471. The number of phenols is 1. The zero-order valence-corrected chi connectivity index (χ0v) is 14.9. The van der Waals surface area contributed by atoms with Crippen LogP contribution in [0.1, 0.15) is 35.3 Å². The Morgan fingerprint density at radius 1 is 1.29 bits per heavy atom. The molecule has 0 fully saturated rings. The zero-order valence-electron chi connectivity index (χ0n) is 13.3. The van der Waals surface area contributed by atoms with Gasteiger partial charge in [-0.1, -0.05) is 6.07 Å². The molecule has 0 unspecified atom stereocenters. The predicted octanol–water partition coefficient (Wildman–Crippen LogP) is 5.23. The molecule has 122 valence electrons. The highest BCUT2D eigenvalue weighted by atomic mass is 79.9. The molecule has 1 N–H and O–H groups in total. The maximum Gasteiger partial charge on any atom is 0.151 e. The molecular weight excluding hydrogens is 368 g/mol. The van der Waals surface area contributed by atoms with Gasteiger partial charge < -0.3 is 9.52 Å². The van der Waals surface area contributed by atoms with Crippen LogP contribution in [0.5, 0.6) is 5.75 Å². The molecule has 2 heterocycles. The average molecular weight is 385 g/mol. The first-order valence-corrected chi connectivity index (χ1v) is 8.85. The van der Waals surface area contributed by atoms with Crippen LogP contribution in [0.25, 0.3) is 11.0 Å². The van der Waals surface area contributed by atoms with Crippen molar-refractivity contribution >= 4 is 38.9 Å². The lowest BCUT2D eigenvalue weighted by Crippen LogP contribution is -1.99. The van der Waals surface area contributed by atoms with E-state index in [1.807, 2.05) is 25.1 Å². The molecule has 0 saturated carbocycles. The minimum Gasteiger partial charge on any atom is -0.506 e. The number of aromatic hydroxyl groups is 1. The van der Waals surface area contributed by atoms with Crippen molar-refractivity contribution in [1.82, 2.24) is 4.98 Å². The maximum atomic E-state index is 10.5. The molecule has 3 aromatic rings. The Hall–Kier alpha value is -2.14. The van der Waals surface area contributed by atoms with Gasteiger partial charge in [-0.3, -0.25) is 0 Å². The second-order valence-corrected chi connectivity index (χ2v) is 7.01. The molecule has 0 spiro atoms. The van der Waals surface area contributed by atoms with Gasteiger partial charge in [0.15, 0.2) is 5.82 Å². The molecule has 0 saturated heterocycles. The molecule has 0 amide bonds. The van der Waals surface area contributed by atoms with Crippen molar-refractivity contribution < 1.29 is 9.52 Å². The number of aromatic nitrogens is 1. The largest absolute Gasteiger partial charge is 0.506 e. The Morgan fingerprint density at radius 3 is 2.92 bits per heavy atom. The van der Waals surface area contributed by atoms with Crippen LogP contribution >= 0.6 is 15.9 Å². The van der Waals surface area contributed by atoms with Crippen LogP contribution in [0.3, 0.4) is 0 Å². The second kappa shape index (κ2) is 6.06. The minimum atomic E-state index is 0.188. The summed E-state index contributed by atoms with van der Waals surface area (Å²) >= 11 is 3.41. The Kier molecular flexibility index (Phi) is 3.88. The standard InChI is InChI=1S/C19H17BrN2O2/c1-11-6-7-17(21-9-11)22-10-13-18-12-4-2-3-5-15(12)24-16(18)8-14(20)19(13)23/h6-10,23H,2-5H2,1H3. The van der Waals surface area contributed by atoms with Gasteiger partial charge in [0, 0.05) is 35.3 Å². The van der Waals surface area contributed by atoms with Gasteiger partial charge in [-0.2, -0.15) is 0 Å². The molecule has 0 radical (unpaired) electrons. The van der Waals surface area contributed by atoms with Gasteiger partial charge in [0.05, 0.1) is 4.47 Å². The predicted molar refractivity (Wildman–Crippen MR) is 98.4 cm³/mol. The normalized spacial score (nSPS) is 14.4. The van der Waals surface area contributed by atoms with Crippen LogP contribution in [0.15, 0.2) is 38.3 Å². The molecule has 0 aliphatic heterocycles. The SMILES string of the molecule is Cc1ccc(N=Cc2c(O)c(Br)cc3oc4c(c23)CCCC4)nc1. The van der Waals surface area contributed by atoms with Crippen molar-refractivity contribution in [1.29, 1.82) is 0 Å². The number of nitrogens with zero attached hydrogens (tertiary/aromatic N) is 2. The molecular formula is C19H17BrN2O2. The molecule has 0 bridgehead atoms. The molecule has 1 aliphatic rings. The highest BCUT2D eigenvalue weighted by Crippen LogP contribution is 2.40. The summed E-state index contributed by atoms with van der Waals surface area (Å²) in [7, 11) is 0. The van der Waals surface area contributed by atoms with Crippen molar-refractivity contribution in [2.24, 2.45) is 4.99 Å². The molecule has 5 heteroatoms. The summed E-state index contributed by atoms with van der Waals surface area (Å²) in [6, 6.07) is 5.67. The quantitative estimate of drug-likeness (QED) is 0.615. The lowest BCUT2D eigenvalue weighted by atomic mass is 9.94. The topological polar surface area (TPSA) is 58.6 Å². The van der Waals surface area contributed by atoms with Crippen LogP contribution in [-0.2, 0) is 12.8 Å². The summed E-state index contributed by atoms with van der Waals surface area (Å²) in [4.78, 5) is 8.73. The maximum absolute atomic E-state index is 10.5. The fourth-order valence-electron chi connectivity index (χ4n) is 3.21. The van der Waals surface area contributed by atoms with E-state index in [1.54, 1.807) is 12.4 Å². The van der Waals surface area contributed by atoms with E-state index >= 15 is 0 Å². The van der Waals surface area contributed by atoms with Crippen LogP contribution < -0.4 is 0 Å². The summed E-state index contributed by atoms with van der Waals surface area (Å²) in [5, 5.41) is 11.5. The molecule has 0 atom stereocenters.